The summed E-state index contributed by atoms with van der Waals surface area (Å²) in [4.78, 5) is 58.5. The summed E-state index contributed by atoms with van der Waals surface area (Å²) in [5, 5.41) is 6.33. The molecule has 0 N–H and O–H groups in total. The summed E-state index contributed by atoms with van der Waals surface area (Å²) in [7, 11) is 1.58. The Morgan fingerprint density at radius 2 is 1.80 bits per heavy atom. The monoisotopic (exact) mass is 641 g/mol. The van der Waals surface area contributed by atoms with Crippen LogP contribution in [0.1, 0.15) is 91.9 Å². The zero-order valence-electron chi connectivity index (χ0n) is 27.4. The van der Waals surface area contributed by atoms with Crippen molar-refractivity contribution in [1.29, 1.82) is 0 Å². The van der Waals surface area contributed by atoms with Gasteiger partial charge in [-0.05, 0) is 83.9 Å². The van der Waals surface area contributed by atoms with Crippen LogP contribution in [0.15, 0.2) is 18.2 Å². The van der Waals surface area contributed by atoms with E-state index in [1.165, 1.54) is 4.90 Å². The van der Waals surface area contributed by atoms with Gasteiger partial charge in [-0.3, -0.25) is 24.0 Å². The molecule has 0 bridgehead atoms. The van der Waals surface area contributed by atoms with Gasteiger partial charge in [0.25, 0.3) is 0 Å². The highest BCUT2D eigenvalue weighted by Gasteiger charge is 2.40. The smallest absolute Gasteiger partial charge is 0.410 e. The third-order valence-corrected chi connectivity index (χ3v) is 9.99. The second-order valence-electron chi connectivity index (χ2n) is 14.1. The Morgan fingerprint density at radius 3 is 2.47 bits per heavy atom. The van der Waals surface area contributed by atoms with Gasteiger partial charge in [-0.25, -0.2) is 4.79 Å². The average Bonchev–Trinajstić information content (AvgIpc) is 3.73. The van der Waals surface area contributed by atoms with E-state index in [1.807, 2.05) is 27.8 Å². The van der Waals surface area contributed by atoms with Crippen LogP contribution in [0.25, 0.3) is 10.9 Å². The van der Waals surface area contributed by atoms with Gasteiger partial charge in [-0.1, -0.05) is 30.9 Å². The molecular weight excluding hydrogens is 594 g/mol. The van der Waals surface area contributed by atoms with Crippen LogP contribution >= 0.6 is 11.6 Å². The van der Waals surface area contributed by atoms with Gasteiger partial charge in [-0.15, -0.1) is 0 Å². The molecule has 2 aromatic rings. The van der Waals surface area contributed by atoms with E-state index >= 15 is 0 Å². The third-order valence-electron chi connectivity index (χ3n) is 9.75. The Morgan fingerprint density at radius 1 is 1.07 bits per heavy atom. The predicted molar refractivity (Wildman–Crippen MR) is 174 cm³/mol. The molecule has 1 aromatic carbocycles. The molecular formula is C34H48ClN5O5. The van der Waals surface area contributed by atoms with Gasteiger partial charge in [0.15, 0.2) is 11.6 Å². The van der Waals surface area contributed by atoms with Gasteiger partial charge in [0.2, 0.25) is 11.8 Å². The summed E-state index contributed by atoms with van der Waals surface area (Å²) in [6, 6.07) is 4.83. The minimum Gasteiger partial charge on any atom is -0.444 e. The van der Waals surface area contributed by atoms with Gasteiger partial charge in [0.05, 0.1) is 24.1 Å². The van der Waals surface area contributed by atoms with E-state index in [1.54, 1.807) is 39.6 Å². The van der Waals surface area contributed by atoms with Crippen LogP contribution in [-0.2, 0) is 25.7 Å². The highest BCUT2D eigenvalue weighted by Crippen LogP contribution is 2.37. The Bertz CT molecular complexity index is 1430. The van der Waals surface area contributed by atoms with Gasteiger partial charge in [0, 0.05) is 49.3 Å². The molecule has 3 heterocycles. The van der Waals surface area contributed by atoms with Crippen molar-refractivity contribution in [3.8, 4) is 0 Å². The fourth-order valence-electron chi connectivity index (χ4n) is 7.16. The van der Waals surface area contributed by atoms with Crippen molar-refractivity contribution in [3.63, 3.8) is 0 Å². The largest absolute Gasteiger partial charge is 0.444 e. The number of ketones is 1. The average molecular weight is 642 g/mol. The molecule has 11 heteroatoms. The van der Waals surface area contributed by atoms with E-state index in [0.29, 0.717) is 36.9 Å². The Labute approximate surface area is 271 Å². The fraction of sp³-hybridized carbons (Fsp3) is 0.676. The summed E-state index contributed by atoms with van der Waals surface area (Å²) >= 11 is 6.37. The van der Waals surface area contributed by atoms with Crippen LogP contribution in [0.3, 0.4) is 0 Å². The summed E-state index contributed by atoms with van der Waals surface area (Å²) in [5.41, 5.74) is 0.211. The lowest BCUT2D eigenvalue weighted by atomic mass is 9.76. The number of likely N-dealkylation sites (tertiary alicyclic amines) is 1. The Kier molecular flexibility index (Phi) is 10.1. The number of anilines is 1. The number of carbonyl (C=O) groups is 4. The van der Waals surface area contributed by atoms with E-state index in [0.717, 1.165) is 62.3 Å². The zero-order chi connectivity index (χ0) is 32.5. The number of Topliss-reactive ketones (excluding diaryl/α,β-unsaturated/α-hetero) is 1. The zero-order valence-corrected chi connectivity index (χ0v) is 28.1. The van der Waals surface area contributed by atoms with Crippen LogP contribution in [0.2, 0.25) is 5.02 Å². The molecule has 3 fully saturated rings. The molecule has 0 unspecified atom stereocenters. The quantitative estimate of drug-likeness (QED) is 0.322. The highest BCUT2D eigenvalue weighted by molar-refractivity contribution is 6.31. The Hall–Kier alpha value is -3.14. The number of likely N-dealkylation sites (N-methyl/N-ethyl adjacent to an activating group) is 1. The predicted octanol–water partition coefficient (Wildman–Crippen LogP) is 6.22. The van der Waals surface area contributed by atoms with Gasteiger partial charge in [0.1, 0.15) is 5.60 Å². The highest BCUT2D eigenvalue weighted by atomic mass is 35.5. The van der Waals surface area contributed by atoms with E-state index in [2.05, 4.69) is 0 Å². The maximum atomic E-state index is 14.4. The summed E-state index contributed by atoms with van der Waals surface area (Å²) in [6.45, 7) is 8.86. The first-order valence-electron chi connectivity index (χ1n) is 16.6. The second kappa shape index (κ2) is 13.7. The number of benzene rings is 1. The standard InChI is InChI=1S/C34H48ClN5O5/c1-22(37(5)33(44)45-34(2,3)4)29(41)20-26(23-11-7-6-8-12-23)32(43)38-17-9-13-25(38)21-40-28-16-15-24(35)19-27(28)31(36-40)39-18-10-14-30(39)42/h15-16,19,22-23,25-26H,6-14,17-18,20-21H2,1-5H3/t22-,25-,26-/m0/s1. The molecule has 2 aliphatic heterocycles. The normalized spacial score (nSPS) is 20.9. The van der Waals surface area contributed by atoms with Crippen molar-refractivity contribution in [3.05, 3.63) is 23.2 Å². The molecule has 45 heavy (non-hydrogen) atoms. The minimum atomic E-state index is -0.706. The van der Waals surface area contributed by atoms with Crippen LogP contribution in [0.4, 0.5) is 10.6 Å². The number of amides is 3. The van der Waals surface area contributed by atoms with E-state index in [-0.39, 0.29) is 36.0 Å². The van der Waals surface area contributed by atoms with Crippen molar-refractivity contribution in [2.24, 2.45) is 11.8 Å². The van der Waals surface area contributed by atoms with Crippen molar-refractivity contribution in [2.75, 3.05) is 25.0 Å². The molecule has 3 amide bonds. The first-order valence-corrected chi connectivity index (χ1v) is 17.0. The minimum absolute atomic E-state index is 0.0271. The summed E-state index contributed by atoms with van der Waals surface area (Å²) in [5.74, 6) is 0.289. The molecule has 1 aromatic heterocycles. The lowest BCUT2D eigenvalue weighted by Gasteiger charge is -2.35. The van der Waals surface area contributed by atoms with Crippen molar-refractivity contribution >= 4 is 52.0 Å². The summed E-state index contributed by atoms with van der Waals surface area (Å²) < 4.78 is 7.41. The molecule has 2 saturated heterocycles. The maximum Gasteiger partial charge on any atom is 0.410 e. The fourth-order valence-corrected chi connectivity index (χ4v) is 7.33. The topological polar surface area (TPSA) is 105 Å². The van der Waals surface area contributed by atoms with Crippen LogP contribution in [0.5, 0.6) is 0 Å². The lowest BCUT2D eigenvalue weighted by molar-refractivity contribution is -0.142. The summed E-state index contributed by atoms with van der Waals surface area (Å²) in [6.07, 6.45) is 7.68. The number of hydrogen-bond acceptors (Lipinski definition) is 6. The number of hydrogen-bond donors (Lipinski definition) is 0. The SMILES string of the molecule is C[C@@H](C(=O)C[C@H](C(=O)N1CCC[C@H]1Cn1nc(N2CCCC2=O)c2cc(Cl)ccc21)C1CCCCC1)N(C)C(=O)OC(C)(C)C. The lowest BCUT2D eigenvalue weighted by Crippen LogP contribution is -2.47. The molecule has 3 aliphatic rings. The molecule has 0 radical (unpaired) electrons. The maximum absolute atomic E-state index is 14.4. The van der Waals surface area contributed by atoms with Crippen molar-refractivity contribution in [1.82, 2.24) is 19.6 Å². The van der Waals surface area contributed by atoms with Crippen LogP contribution in [-0.4, -0.2) is 81.1 Å². The number of rotatable bonds is 9. The van der Waals surface area contributed by atoms with Gasteiger partial charge < -0.3 is 14.5 Å². The molecule has 246 valence electrons. The van der Waals surface area contributed by atoms with E-state index in [4.69, 9.17) is 21.4 Å². The van der Waals surface area contributed by atoms with E-state index in [9.17, 15) is 19.2 Å². The molecule has 3 atom stereocenters. The molecule has 5 rings (SSSR count). The van der Waals surface area contributed by atoms with Crippen molar-refractivity contribution < 1.29 is 23.9 Å². The van der Waals surface area contributed by atoms with Gasteiger partial charge >= 0.3 is 6.09 Å². The number of halogens is 1. The third kappa shape index (κ3) is 7.47. The number of fused-ring (bicyclic) bond motifs is 1. The number of aromatic nitrogens is 2. The van der Waals surface area contributed by atoms with Crippen LogP contribution in [0, 0.1) is 11.8 Å². The second-order valence-corrected chi connectivity index (χ2v) is 14.5. The molecule has 1 saturated carbocycles. The first kappa shape index (κ1) is 33.2. The Balaban J connectivity index is 1.36. The number of nitrogens with zero attached hydrogens (tertiary/aromatic N) is 5. The van der Waals surface area contributed by atoms with Crippen LogP contribution < -0.4 is 4.90 Å². The van der Waals surface area contributed by atoms with Gasteiger partial charge in [-0.2, -0.15) is 5.10 Å². The number of carbonyl (C=O) groups excluding carboxylic acids is 4. The molecule has 10 nitrogen and oxygen atoms in total. The van der Waals surface area contributed by atoms with Crippen molar-refractivity contribution in [2.45, 2.75) is 116 Å². The van der Waals surface area contributed by atoms with E-state index < -0.39 is 23.7 Å². The molecule has 0 spiro atoms. The number of ether oxygens (including phenoxy) is 1. The first-order chi connectivity index (χ1) is 21.3. The molecule has 1 aliphatic carbocycles.